The average molecular weight is 176 g/mol. The third-order valence-electron chi connectivity index (χ3n) is 1.52. The van der Waals surface area contributed by atoms with Crippen molar-refractivity contribution in [3.63, 3.8) is 0 Å². The summed E-state index contributed by atoms with van der Waals surface area (Å²) in [5.41, 5.74) is 4.79. The second kappa shape index (κ2) is 5.93. The summed E-state index contributed by atoms with van der Waals surface area (Å²) in [7, 11) is 0. The number of aliphatic hydroxyl groups is 2. The van der Waals surface area contributed by atoms with Crippen LogP contribution in [0.2, 0.25) is 0 Å². The van der Waals surface area contributed by atoms with E-state index in [2.05, 4.69) is 5.32 Å². The van der Waals surface area contributed by atoms with Gasteiger partial charge in [0.25, 0.3) is 0 Å². The van der Waals surface area contributed by atoms with Gasteiger partial charge in [0.05, 0.1) is 6.10 Å². The molecule has 0 aromatic rings. The molecule has 0 fully saturated rings. The lowest BCUT2D eigenvalue weighted by molar-refractivity contribution is -0.125. The van der Waals surface area contributed by atoms with Gasteiger partial charge < -0.3 is 21.3 Å². The van der Waals surface area contributed by atoms with Crippen molar-refractivity contribution in [1.82, 2.24) is 5.32 Å². The van der Waals surface area contributed by atoms with Gasteiger partial charge in [-0.3, -0.25) is 4.79 Å². The number of nitrogens with two attached hydrogens (primary N) is 1. The Kier molecular flexibility index (Phi) is 5.61. The second-order valence-electron chi connectivity index (χ2n) is 2.64. The van der Waals surface area contributed by atoms with Gasteiger partial charge in [-0.05, 0) is 6.42 Å². The zero-order valence-corrected chi connectivity index (χ0v) is 7.16. The van der Waals surface area contributed by atoms with Gasteiger partial charge in [0.1, 0.15) is 6.10 Å². The lowest BCUT2D eigenvalue weighted by Crippen LogP contribution is -2.40. The first-order valence-corrected chi connectivity index (χ1v) is 3.94. The van der Waals surface area contributed by atoms with Crippen LogP contribution >= 0.6 is 0 Å². The molecule has 0 aliphatic carbocycles. The van der Waals surface area contributed by atoms with E-state index in [1.807, 2.05) is 6.92 Å². The molecule has 0 saturated heterocycles. The van der Waals surface area contributed by atoms with Crippen LogP contribution in [0.5, 0.6) is 0 Å². The van der Waals surface area contributed by atoms with Gasteiger partial charge in [0.15, 0.2) is 0 Å². The number of rotatable bonds is 6. The smallest absolute Gasteiger partial charge is 0.247 e. The fraction of sp³-hybridized carbons (Fsp3) is 0.857. The first kappa shape index (κ1) is 11.4. The standard InChI is InChI=1S/C7H16N2O3/c1-2-5(10)3-9-4-6(11)7(8)12/h5-6,9-11H,2-4H2,1H3,(H2,8,12). The topological polar surface area (TPSA) is 95.6 Å². The molecule has 0 aliphatic heterocycles. The van der Waals surface area contributed by atoms with Crippen LogP contribution in [0.15, 0.2) is 0 Å². The maximum Gasteiger partial charge on any atom is 0.247 e. The fourth-order valence-corrected chi connectivity index (χ4v) is 0.632. The van der Waals surface area contributed by atoms with Crippen LogP contribution in [0.25, 0.3) is 0 Å². The Morgan fingerprint density at radius 3 is 2.50 bits per heavy atom. The number of carbonyl (C=O) groups is 1. The molecule has 0 heterocycles. The predicted molar refractivity (Wildman–Crippen MR) is 44.4 cm³/mol. The van der Waals surface area contributed by atoms with Crippen LogP contribution in [-0.4, -0.2) is 41.4 Å². The van der Waals surface area contributed by atoms with Crippen molar-refractivity contribution >= 4 is 5.91 Å². The van der Waals surface area contributed by atoms with Gasteiger partial charge in [-0.15, -0.1) is 0 Å². The lowest BCUT2D eigenvalue weighted by Gasteiger charge is -2.11. The van der Waals surface area contributed by atoms with Gasteiger partial charge in [0, 0.05) is 13.1 Å². The van der Waals surface area contributed by atoms with E-state index < -0.39 is 18.1 Å². The summed E-state index contributed by atoms with van der Waals surface area (Å²) in [6.07, 6.45) is -0.973. The number of amides is 1. The molecular formula is C7H16N2O3. The lowest BCUT2D eigenvalue weighted by atomic mass is 10.2. The number of aliphatic hydroxyl groups excluding tert-OH is 2. The Bertz CT molecular complexity index is 141. The minimum absolute atomic E-state index is 0.0897. The Labute approximate surface area is 71.6 Å². The van der Waals surface area contributed by atoms with Crippen molar-refractivity contribution in [3.8, 4) is 0 Å². The number of primary amides is 1. The molecule has 0 aliphatic rings. The van der Waals surface area contributed by atoms with Crippen molar-refractivity contribution in [3.05, 3.63) is 0 Å². The predicted octanol–water partition coefficient (Wildman–Crippen LogP) is -1.81. The fourth-order valence-electron chi connectivity index (χ4n) is 0.632. The van der Waals surface area contributed by atoms with E-state index in [1.54, 1.807) is 0 Å². The molecule has 5 heteroatoms. The molecule has 0 aromatic carbocycles. The summed E-state index contributed by atoms with van der Waals surface area (Å²) in [6, 6.07) is 0. The monoisotopic (exact) mass is 176 g/mol. The summed E-state index contributed by atoms with van der Waals surface area (Å²) in [6.45, 7) is 2.30. The number of hydrogen-bond donors (Lipinski definition) is 4. The molecule has 5 nitrogen and oxygen atoms in total. The quantitative estimate of drug-likeness (QED) is 0.383. The van der Waals surface area contributed by atoms with Gasteiger partial charge in [-0.2, -0.15) is 0 Å². The van der Waals surface area contributed by atoms with Gasteiger partial charge in [-0.1, -0.05) is 6.92 Å². The summed E-state index contributed by atoms with van der Waals surface area (Å²) in [5, 5.41) is 20.7. The van der Waals surface area contributed by atoms with Crippen LogP contribution < -0.4 is 11.1 Å². The number of nitrogens with one attached hydrogen (secondary N) is 1. The van der Waals surface area contributed by atoms with Crippen LogP contribution in [0.3, 0.4) is 0 Å². The second-order valence-corrected chi connectivity index (χ2v) is 2.64. The van der Waals surface area contributed by atoms with Crippen LogP contribution in [0, 0.1) is 0 Å². The van der Waals surface area contributed by atoms with Crippen LogP contribution in [0.4, 0.5) is 0 Å². The zero-order valence-electron chi connectivity index (χ0n) is 7.16. The molecule has 12 heavy (non-hydrogen) atoms. The molecule has 0 aromatic heterocycles. The SMILES string of the molecule is CCC(O)CNCC(O)C(N)=O. The van der Waals surface area contributed by atoms with Crippen molar-refractivity contribution in [1.29, 1.82) is 0 Å². The molecule has 5 N–H and O–H groups in total. The normalized spacial score (nSPS) is 15.6. The molecule has 2 unspecified atom stereocenters. The highest BCUT2D eigenvalue weighted by Crippen LogP contribution is 1.86. The number of hydrogen-bond acceptors (Lipinski definition) is 4. The van der Waals surface area contributed by atoms with Crippen molar-refractivity contribution in [2.75, 3.05) is 13.1 Å². The van der Waals surface area contributed by atoms with Gasteiger partial charge >= 0.3 is 0 Å². The molecule has 0 bridgehead atoms. The maximum absolute atomic E-state index is 10.3. The molecule has 72 valence electrons. The van der Waals surface area contributed by atoms with Crippen molar-refractivity contribution < 1.29 is 15.0 Å². The van der Waals surface area contributed by atoms with E-state index in [4.69, 9.17) is 15.9 Å². The van der Waals surface area contributed by atoms with Gasteiger partial charge in [-0.25, -0.2) is 0 Å². The van der Waals surface area contributed by atoms with Crippen molar-refractivity contribution in [2.45, 2.75) is 25.6 Å². The van der Waals surface area contributed by atoms with E-state index in [0.717, 1.165) is 0 Å². The molecule has 0 saturated carbocycles. The summed E-state index contributed by atoms with van der Waals surface area (Å²) >= 11 is 0. The first-order chi connectivity index (χ1) is 5.57. The largest absolute Gasteiger partial charge is 0.392 e. The van der Waals surface area contributed by atoms with Crippen molar-refractivity contribution in [2.24, 2.45) is 5.73 Å². The van der Waals surface area contributed by atoms with E-state index in [9.17, 15) is 4.79 Å². The molecular weight excluding hydrogens is 160 g/mol. The third kappa shape index (κ3) is 5.06. The summed E-state index contributed by atoms with van der Waals surface area (Å²) in [4.78, 5) is 10.3. The third-order valence-corrected chi connectivity index (χ3v) is 1.52. The van der Waals surface area contributed by atoms with Gasteiger partial charge in [0.2, 0.25) is 5.91 Å². The minimum atomic E-state index is -1.17. The average Bonchev–Trinajstić information content (AvgIpc) is 2.03. The Balaban J connectivity index is 3.37. The summed E-state index contributed by atoms with van der Waals surface area (Å²) < 4.78 is 0. The first-order valence-electron chi connectivity index (χ1n) is 3.94. The Hall–Kier alpha value is -0.650. The highest BCUT2D eigenvalue weighted by Gasteiger charge is 2.10. The van der Waals surface area contributed by atoms with E-state index in [0.29, 0.717) is 13.0 Å². The Morgan fingerprint density at radius 2 is 2.08 bits per heavy atom. The minimum Gasteiger partial charge on any atom is -0.392 e. The molecule has 0 rings (SSSR count). The molecule has 0 spiro atoms. The van der Waals surface area contributed by atoms with Crippen LogP contribution in [-0.2, 0) is 4.79 Å². The van der Waals surface area contributed by atoms with E-state index in [-0.39, 0.29) is 6.54 Å². The summed E-state index contributed by atoms with van der Waals surface area (Å²) in [5.74, 6) is -0.756. The van der Waals surface area contributed by atoms with E-state index in [1.165, 1.54) is 0 Å². The highest BCUT2D eigenvalue weighted by molar-refractivity contribution is 5.78. The maximum atomic E-state index is 10.3. The zero-order chi connectivity index (χ0) is 9.56. The number of carbonyl (C=O) groups excluding carboxylic acids is 1. The van der Waals surface area contributed by atoms with Crippen LogP contribution in [0.1, 0.15) is 13.3 Å². The highest BCUT2D eigenvalue weighted by atomic mass is 16.3. The molecule has 0 radical (unpaired) electrons. The van der Waals surface area contributed by atoms with E-state index >= 15 is 0 Å². The Morgan fingerprint density at radius 1 is 1.50 bits per heavy atom. The molecule has 1 amide bonds. The molecule has 2 atom stereocenters.